The van der Waals surface area contributed by atoms with Crippen molar-refractivity contribution in [3.8, 4) is 11.5 Å². The van der Waals surface area contributed by atoms with Crippen molar-refractivity contribution in [2.24, 2.45) is 0 Å². The summed E-state index contributed by atoms with van der Waals surface area (Å²) in [7, 11) is 0. The molecule has 0 fully saturated rings. The van der Waals surface area contributed by atoms with Crippen LogP contribution in [-0.2, 0) is 0 Å². The number of ketones is 1. The van der Waals surface area contributed by atoms with Gasteiger partial charge in [-0.1, -0.05) is 6.92 Å². The summed E-state index contributed by atoms with van der Waals surface area (Å²) < 4.78 is 18.4. The molecular formula is C14H11FN2O4. The third kappa shape index (κ3) is 3.38. The van der Waals surface area contributed by atoms with Crippen LogP contribution >= 0.6 is 0 Å². The van der Waals surface area contributed by atoms with Crippen molar-refractivity contribution in [3.05, 3.63) is 58.2 Å². The molecule has 2 rings (SSSR count). The monoisotopic (exact) mass is 290 g/mol. The number of carbonyl (C=O) groups is 1. The molecule has 0 saturated heterocycles. The van der Waals surface area contributed by atoms with Gasteiger partial charge in [0.2, 0.25) is 5.75 Å². The molecule has 6 nitrogen and oxygen atoms in total. The molecule has 21 heavy (non-hydrogen) atoms. The van der Waals surface area contributed by atoms with Crippen LogP contribution in [-0.4, -0.2) is 15.7 Å². The average molecular weight is 290 g/mol. The molecule has 0 amide bonds. The molecule has 1 aromatic heterocycles. The number of benzene rings is 1. The van der Waals surface area contributed by atoms with Crippen molar-refractivity contribution in [2.45, 2.75) is 13.3 Å². The van der Waals surface area contributed by atoms with Crippen molar-refractivity contribution in [1.29, 1.82) is 0 Å². The van der Waals surface area contributed by atoms with Crippen LogP contribution in [0.1, 0.15) is 23.8 Å². The second kappa shape index (κ2) is 6.08. The number of hydrogen-bond donors (Lipinski definition) is 0. The molecular weight excluding hydrogens is 279 g/mol. The van der Waals surface area contributed by atoms with Crippen molar-refractivity contribution < 1.29 is 18.8 Å². The van der Waals surface area contributed by atoms with Gasteiger partial charge in [0.25, 0.3) is 0 Å². The van der Waals surface area contributed by atoms with Gasteiger partial charge in [-0.3, -0.25) is 14.9 Å². The Balaban J connectivity index is 2.28. The molecule has 0 spiro atoms. The van der Waals surface area contributed by atoms with Crippen molar-refractivity contribution >= 4 is 11.5 Å². The molecule has 108 valence electrons. The summed E-state index contributed by atoms with van der Waals surface area (Å²) in [5, 5.41) is 10.8. The van der Waals surface area contributed by atoms with E-state index in [-0.39, 0.29) is 28.7 Å². The smallest absolute Gasteiger partial charge is 0.311 e. The summed E-state index contributed by atoms with van der Waals surface area (Å²) in [5.74, 6) is -0.827. The Hall–Kier alpha value is -2.83. The zero-order chi connectivity index (χ0) is 15.4. The number of aromatic nitrogens is 1. The van der Waals surface area contributed by atoms with Gasteiger partial charge < -0.3 is 4.74 Å². The second-order valence-corrected chi connectivity index (χ2v) is 4.13. The Morgan fingerprint density at radius 1 is 1.38 bits per heavy atom. The first kappa shape index (κ1) is 14.6. The van der Waals surface area contributed by atoms with Gasteiger partial charge in [0.1, 0.15) is 17.3 Å². The van der Waals surface area contributed by atoms with E-state index in [0.29, 0.717) is 6.42 Å². The normalized spacial score (nSPS) is 10.2. The van der Waals surface area contributed by atoms with Gasteiger partial charge >= 0.3 is 5.69 Å². The summed E-state index contributed by atoms with van der Waals surface area (Å²) >= 11 is 0. The van der Waals surface area contributed by atoms with Crippen LogP contribution in [0.3, 0.4) is 0 Å². The fourth-order valence-corrected chi connectivity index (χ4v) is 1.63. The number of nitro groups is 1. The summed E-state index contributed by atoms with van der Waals surface area (Å²) in [5.41, 5.74) is -0.0799. The summed E-state index contributed by atoms with van der Waals surface area (Å²) in [6.45, 7) is 1.71. The number of pyridine rings is 1. The van der Waals surface area contributed by atoms with Gasteiger partial charge in [-0.05, 0) is 18.2 Å². The first-order valence-electron chi connectivity index (χ1n) is 6.12. The minimum absolute atomic E-state index is 0.127. The number of halogens is 1. The van der Waals surface area contributed by atoms with Crippen molar-refractivity contribution in [1.82, 2.24) is 4.98 Å². The van der Waals surface area contributed by atoms with E-state index in [1.165, 1.54) is 18.3 Å². The lowest BCUT2D eigenvalue weighted by molar-refractivity contribution is -0.385. The van der Waals surface area contributed by atoms with Crippen molar-refractivity contribution in [3.63, 3.8) is 0 Å². The molecule has 7 heteroatoms. The first-order chi connectivity index (χ1) is 10.0. The van der Waals surface area contributed by atoms with Crippen molar-refractivity contribution in [2.75, 3.05) is 0 Å². The maximum atomic E-state index is 13.2. The summed E-state index contributed by atoms with van der Waals surface area (Å²) in [6, 6.07) is 5.82. The molecule has 0 aliphatic heterocycles. The van der Waals surface area contributed by atoms with Crippen LogP contribution in [0, 0.1) is 15.9 Å². The Kier molecular flexibility index (Phi) is 4.22. The maximum absolute atomic E-state index is 13.2. The highest BCUT2D eigenvalue weighted by molar-refractivity contribution is 5.93. The highest BCUT2D eigenvalue weighted by Crippen LogP contribution is 2.31. The van der Waals surface area contributed by atoms with Gasteiger partial charge in [-0.25, -0.2) is 9.37 Å². The Morgan fingerprint density at radius 3 is 2.71 bits per heavy atom. The SMILES string of the molecule is CCC(=O)c1ccc(Oc2cc(F)ccc2[N+](=O)[O-])cn1. The topological polar surface area (TPSA) is 82.3 Å². The highest BCUT2D eigenvalue weighted by Gasteiger charge is 2.17. The Bertz CT molecular complexity index is 686. The van der Waals surface area contributed by atoms with E-state index in [2.05, 4.69) is 4.98 Å². The minimum Gasteiger partial charge on any atom is -0.448 e. The quantitative estimate of drug-likeness (QED) is 0.478. The highest BCUT2D eigenvalue weighted by atomic mass is 19.1. The Morgan fingerprint density at radius 2 is 2.14 bits per heavy atom. The third-order valence-corrected chi connectivity index (χ3v) is 2.69. The average Bonchev–Trinajstić information content (AvgIpc) is 2.47. The van der Waals surface area contributed by atoms with Gasteiger partial charge in [0.15, 0.2) is 5.78 Å². The van der Waals surface area contributed by atoms with Crippen LogP contribution in [0.4, 0.5) is 10.1 Å². The molecule has 0 aliphatic carbocycles. The molecule has 0 saturated carbocycles. The van der Waals surface area contributed by atoms with Crippen LogP contribution in [0.15, 0.2) is 36.5 Å². The molecule has 2 aromatic rings. The van der Waals surface area contributed by atoms with Gasteiger partial charge in [0.05, 0.1) is 11.1 Å². The Labute approximate surface area is 119 Å². The fourth-order valence-electron chi connectivity index (χ4n) is 1.63. The number of carbonyl (C=O) groups excluding carboxylic acids is 1. The molecule has 1 heterocycles. The molecule has 0 radical (unpaired) electrons. The molecule has 0 aliphatic rings. The van der Waals surface area contributed by atoms with E-state index in [0.717, 1.165) is 18.2 Å². The van der Waals surface area contributed by atoms with Crippen LogP contribution < -0.4 is 4.74 Å². The number of nitro benzene ring substituents is 1. The molecule has 0 unspecified atom stereocenters. The van der Waals surface area contributed by atoms with Crippen LogP contribution in [0.2, 0.25) is 0 Å². The zero-order valence-electron chi connectivity index (χ0n) is 11.1. The van der Waals surface area contributed by atoms with Gasteiger partial charge in [0, 0.05) is 18.6 Å². The summed E-state index contributed by atoms with van der Waals surface area (Å²) in [4.78, 5) is 25.5. The maximum Gasteiger partial charge on any atom is 0.311 e. The van der Waals surface area contributed by atoms with E-state index in [1.54, 1.807) is 6.92 Å². The zero-order valence-corrected chi connectivity index (χ0v) is 11.1. The van der Waals surface area contributed by atoms with E-state index in [1.807, 2.05) is 0 Å². The van der Waals surface area contributed by atoms with E-state index >= 15 is 0 Å². The van der Waals surface area contributed by atoms with Crippen LogP contribution in [0.5, 0.6) is 11.5 Å². The van der Waals surface area contributed by atoms with Gasteiger partial charge in [-0.2, -0.15) is 0 Å². The first-order valence-corrected chi connectivity index (χ1v) is 6.12. The number of nitrogens with zero attached hydrogens (tertiary/aromatic N) is 2. The molecule has 0 bridgehead atoms. The molecule has 0 atom stereocenters. The lowest BCUT2D eigenvalue weighted by atomic mass is 10.2. The number of rotatable bonds is 5. The number of hydrogen-bond acceptors (Lipinski definition) is 5. The minimum atomic E-state index is -0.669. The van der Waals surface area contributed by atoms with E-state index < -0.39 is 10.7 Å². The standard InChI is InChI=1S/C14H11FN2O4/c1-2-13(18)11-5-4-10(8-16-11)21-14-7-9(15)3-6-12(14)17(19)20/h3-8H,2H2,1H3. The molecule has 0 N–H and O–H groups in total. The fraction of sp³-hybridized carbons (Fsp3) is 0.143. The summed E-state index contributed by atoms with van der Waals surface area (Å²) in [6.07, 6.45) is 1.58. The van der Waals surface area contributed by atoms with E-state index in [4.69, 9.17) is 4.74 Å². The largest absolute Gasteiger partial charge is 0.448 e. The third-order valence-electron chi connectivity index (χ3n) is 2.69. The predicted octanol–water partition coefficient (Wildman–Crippen LogP) is 3.51. The second-order valence-electron chi connectivity index (χ2n) is 4.13. The predicted molar refractivity (Wildman–Crippen MR) is 72.0 cm³/mol. The lowest BCUT2D eigenvalue weighted by Gasteiger charge is -2.06. The van der Waals surface area contributed by atoms with Crippen LogP contribution in [0.25, 0.3) is 0 Å². The van der Waals surface area contributed by atoms with Gasteiger partial charge in [-0.15, -0.1) is 0 Å². The molecule has 1 aromatic carbocycles. The number of ether oxygens (including phenoxy) is 1. The van der Waals surface area contributed by atoms with E-state index in [9.17, 15) is 19.3 Å². The lowest BCUT2D eigenvalue weighted by Crippen LogP contribution is -2.00. The number of Topliss-reactive ketones (excluding diaryl/α,β-unsaturated/α-hetero) is 1.